The van der Waals surface area contributed by atoms with Crippen molar-refractivity contribution in [2.75, 3.05) is 16.9 Å². The van der Waals surface area contributed by atoms with Gasteiger partial charge in [0, 0.05) is 11.4 Å². The lowest BCUT2D eigenvalue weighted by Crippen LogP contribution is -2.18. The molecule has 3 rings (SSSR count). The normalized spacial score (nSPS) is 12.1. The number of nitrogens with zero attached hydrogens (tertiary/aromatic N) is 5. The number of hydrogen-bond donors (Lipinski definition) is 2. The first-order valence-corrected chi connectivity index (χ1v) is 10.1. The molecule has 3 N–H and O–H groups in total. The van der Waals surface area contributed by atoms with Crippen LogP contribution in [-0.2, 0) is 4.79 Å². The van der Waals surface area contributed by atoms with Crippen LogP contribution in [0.1, 0.15) is 43.1 Å². The Morgan fingerprint density at radius 3 is 2.57 bits per heavy atom. The van der Waals surface area contributed by atoms with Gasteiger partial charge < -0.3 is 11.2 Å². The molecule has 2 aromatic heterocycles. The number of aryl methyl sites for hydroxylation is 2. The van der Waals surface area contributed by atoms with Gasteiger partial charge in [-0.3, -0.25) is 4.79 Å². The van der Waals surface area contributed by atoms with Crippen LogP contribution in [0, 0.1) is 13.8 Å². The Hall–Kier alpha value is -2.81. The fourth-order valence-corrected chi connectivity index (χ4v) is 3.45. The number of carbonyl (C=O) groups is 1. The number of aromatic nitrogens is 5. The highest BCUT2D eigenvalue weighted by Gasteiger charge is 2.16. The third kappa shape index (κ3) is 4.36. The van der Waals surface area contributed by atoms with E-state index in [1.54, 1.807) is 4.68 Å². The number of nitrogens with two attached hydrogens (primary N) is 1. The van der Waals surface area contributed by atoms with E-state index in [-0.39, 0.29) is 11.7 Å². The van der Waals surface area contributed by atoms with Gasteiger partial charge in [0.05, 0.1) is 11.4 Å². The maximum Gasteiger partial charge on any atom is 0.271 e. The minimum atomic E-state index is -0.128. The van der Waals surface area contributed by atoms with Crippen molar-refractivity contribution in [3.63, 3.8) is 0 Å². The molecule has 1 amide bonds. The number of benzene rings is 1. The van der Waals surface area contributed by atoms with Crippen molar-refractivity contribution in [2.45, 2.75) is 45.2 Å². The Labute approximate surface area is 168 Å². The topological polar surface area (TPSA) is 104 Å². The minimum absolute atomic E-state index is 0.128. The summed E-state index contributed by atoms with van der Waals surface area (Å²) in [7, 11) is 0. The Bertz CT molecular complexity index is 961. The molecule has 1 aromatic carbocycles. The first-order chi connectivity index (χ1) is 13.4. The van der Waals surface area contributed by atoms with Gasteiger partial charge in [-0.25, -0.2) is 9.36 Å². The first kappa shape index (κ1) is 19.9. The number of nitrogens with one attached hydrogen (secondary N) is 1. The van der Waals surface area contributed by atoms with Crippen molar-refractivity contribution in [1.29, 1.82) is 0 Å². The highest BCUT2D eigenvalue weighted by atomic mass is 32.2. The van der Waals surface area contributed by atoms with Gasteiger partial charge in [0.2, 0.25) is 11.1 Å². The van der Waals surface area contributed by atoms with E-state index in [1.807, 2.05) is 44.2 Å². The van der Waals surface area contributed by atoms with Gasteiger partial charge in [0.25, 0.3) is 5.95 Å². The molecule has 0 aliphatic heterocycles. The Kier molecular flexibility index (Phi) is 6.03. The molecule has 9 heteroatoms. The van der Waals surface area contributed by atoms with Crippen LogP contribution in [0.4, 0.5) is 5.69 Å². The van der Waals surface area contributed by atoms with Crippen LogP contribution in [0.2, 0.25) is 0 Å². The van der Waals surface area contributed by atoms with Gasteiger partial charge in [-0.05, 0) is 49.9 Å². The van der Waals surface area contributed by atoms with E-state index in [2.05, 4.69) is 34.5 Å². The molecule has 0 saturated heterocycles. The predicted molar refractivity (Wildman–Crippen MR) is 111 cm³/mol. The van der Waals surface area contributed by atoms with Crippen LogP contribution in [0.25, 0.3) is 5.95 Å². The van der Waals surface area contributed by atoms with E-state index < -0.39 is 0 Å². The van der Waals surface area contributed by atoms with Crippen molar-refractivity contribution in [3.05, 3.63) is 47.3 Å². The predicted octanol–water partition coefficient (Wildman–Crippen LogP) is 3.04. The fraction of sp³-hybridized carbons (Fsp3) is 0.368. The van der Waals surface area contributed by atoms with Gasteiger partial charge in [0.15, 0.2) is 0 Å². The van der Waals surface area contributed by atoms with Crippen molar-refractivity contribution in [2.24, 2.45) is 0 Å². The van der Waals surface area contributed by atoms with E-state index in [4.69, 9.17) is 5.84 Å². The molecule has 28 heavy (non-hydrogen) atoms. The lowest BCUT2D eigenvalue weighted by atomic mass is 9.99. The highest BCUT2D eigenvalue weighted by molar-refractivity contribution is 7.99. The number of anilines is 1. The second-order valence-electron chi connectivity index (χ2n) is 6.76. The maximum atomic E-state index is 12.3. The smallest absolute Gasteiger partial charge is 0.271 e. The second-order valence-corrected chi connectivity index (χ2v) is 7.70. The number of carbonyl (C=O) groups excluding carboxylic acids is 1. The third-order valence-electron chi connectivity index (χ3n) is 4.55. The van der Waals surface area contributed by atoms with E-state index in [1.165, 1.54) is 22.0 Å². The third-order valence-corrected chi connectivity index (χ3v) is 5.50. The summed E-state index contributed by atoms with van der Waals surface area (Å²) in [5.41, 5.74) is 3.82. The largest absolute Gasteiger partial charge is 0.334 e. The number of nitrogen functional groups attached to an aromatic ring is 1. The number of hydrogen-bond acceptors (Lipinski definition) is 6. The molecule has 0 aliphatic rings. The monoisotopic (exact) mass is 399 g/mol. The molecular weight excluding hydrogens is 374 g/mol. The van der Waals surface area contributed by atoms with Crippen LogP contribution in [0.3, 0.4) is 0 Å². The highest BCUT2D eigenvalue weighted by Crippen LogP contribution is 2.21. The summed E-state index contributed by atoms with van der Waals surface area (Å²) < 4.78 is 2.98. The van der Waals surface area contributed by atoms with Gasteiger partial charge in [0.1, 0.15) is 0 Å². The van der Waals surface area contributed by atoms with Crippen LogP contribution in [-0.4, -0.2) is 36.3 Å². The quantitative estimate of drug-likeness (QED) is 0.467. The zero-order valence-corrected chi connectivity index (χ0v) is 17.3. The average Bonchev–Trinajstić information content (AvgIpc) is 3.20. The summed E-state index contributed by atoms with van der Waals surface area (Å²) in [4.78, 5) is 12.3. The summed E-state index contributed by atoms with van der Waals surface area (Å²) in [5.74, 6) is 7.06. The van der Waals surface area contributed by atoms with Gasteiger partial charge in [-0.1, -0.05) is 37.7 Å². The summed E-state index contributed by atoms with van der Waals surface area (Å²) in [6.45, 7) is 8.17. The van der Waals surface area contributed by atoms with Crippen molar-refractivity contribution in [3.8, 4) is 5.95 Å². The summed E-state index contributed by atoms with van der Waals surface area (Å²) in [5, 5.41) is 15.9. The average molecular weight is 400 g/mol. The molecule has 0 fully saturated rings. The van der Waals surface area contributed by atoms with Crippen LogP contribution < -0.4 is 11.2 Å². The Balaban J connectivity index is 1.60. The summed E-state index contributed by atoms with van der Waals surface area (Å²) in [6, 6.07) is 9.89. The number of amides is 1. The number of thioether (sulfide) groups is 1. The molecule has 2 heterocycles. The second kappa shape index (κ2) is 8.47. The molecule has 0 saturated carbocycles. The van der Waals surface area contributed by atoms with E-state index >= 15 is 0 Å². The Morgan fingerprint density at radius 2 is 1.96 bits per heavy atom. The van der Waals surface area contributed by atoms with Crippen molar-refractivity contribution in [1.82, 2.24) is 24.7 Å². The van der Waals surface area contributed by atoms with Crippen molar-refractivity contribution < 1.29 is 4.79 Å². The van der Waals surface area contributed by atoms with Gasteiger partial charge in [-0.2, -0.15) is 5.10 Å². The Morgan fingerprint density at radius 1 is 1.25 bits per heavy atom. The summed E-state index contributed by atoms with van der Waals surface area (Å²) in [6.07, 6.45) is 1.09. The molecule has 3 aromatic rings. The van der Waals surface area contributed by atoms with Gasteiger partial charge >= 0.3 is 0 Å². The van der Waals surface area contributed by atoms with E-state index in [9.17, 15) is 4.79 Å². The minimum Gasteiger partial charge on any atom is -0.334 e. The molecule has 1 atom stereocenters. The zero-order chi connectivity index (χ0) is 20.3. The standard InChI is InChI=1S/C19H25N7OS/c1-5-12(2)15-6-8-16(9-7-15)21-17(27)11-28-19-23-22-18(25(19)20)26-14(4)10-13(3)24-26/h6-10,12H,5,11,20H2,1-4H3,(H,21,27)/t12-/m0/s1. The fourth-order valence-electron chi connectivity index (χ4n) is 2.80. The van der Waals surface area contributed by atoms with Crippen LogP contribution in [0.15, 0.2) is 35.5 Å². The van der Waals surface area contributed by atoms with Crippen LogP contribution >= 0.6 is 11.8 Å². The molecule has 8 nitrogen and oxygen atoms in total. The molecule has 0 spiro atoms. The SMILES string of the molecule is CC[C@H](C)c1ccc(NC(=O)CSc2nnc(-n3nc(C)cc3C)n2N)cc1. The summed E-state index contributed by atoms with van der Waals surface area (Å²) >= 11 is 1.23. The molecule has 0 bridgehead atoms. The maximum absolute atomic E-state index is 12.3. The van der Waals surface area contributed by atoms with E-state index in [0.29, 0.717) is 17.0 Å². The molecular formula is C19H25N7OS. The number of rotatable bonds is 7. The van der Waals surface area contributed by atoms with Gasteiger partial charge in [-0.15, -0.1) is 10.2 Å². The first-order valence-electron chi connectivity index (χ1n) is 9.15. The lowest BCUT2D eigenvalue weighted by Gasteiger charge is -2.10. The van der Waals surface area contributed by atoms with E-state index in [0.717, 1.165) is 23.5 Å². The van der Waals surface area contributed by atoms with Crippen LogP contribution in [0.5, 0.6) is 0 Å². The lowest BCUT2D eigenvalue weighted by molar-refractivity contribution is -0.113. The molecule has 148 valence electrons. The molecule has 0 radical (unpaired) electrons. The molecule has 0 aliphatic carbocycles. The zero-order valence-electron chi connectivity index (χ0n) is 16.5. The molecule has 0 unspecified atom stereocenters. The van der Waals surface area contributed by atoms with Crippen molar-refractivity contribution >= 4 is 23.4 Å².